The van der Waals surface area contributed by atoms with E-state index in [0.29, 0.717) is 0 Å². The summed E-state index contributed by atoms with van der Waals surface area (Å²) >= 11 is 0. The summed E-state index contributed by atoms with van der Waals surface area (Å²) in [5.74, 6) is 0. The predicted molar refractivity (Wildman–Crippen MR) is 178 cm³/mol. The van der Waals surface area contributed by atoms with Crippen LogP contribution >= 0.6 is 0 Å². The molecule has 2 aliphatic heterocycles. The Labute approximate surface area is 252 Å². The molecule has 4 heterocycles. The molecule has 0 N–H and O–H groups in total. The Morgan fingerprint density at radius 3 is 2.26 bits per heavy atom. The van der Waals surface area contributed by atoms with E-state index in [1.807, 2.05) is 6.20 Å². The van der Waals surface area contributed by atoms with Gasteiger partial charge in [0.25, 0.3) is 0 Å². The van der Waals surface area contributed by atoms with Crippen molar-refractivity contribution >= 4 is 51.0 Å². The Hall–Kier alpha value is -4.39. The smallest absolute Gasteiger partial charge is 0.399 e. The molecule has 0 bridgehead atoms. The Bertz CT molecular complexity index is 2080. The summed E-state index contributed by atoms with van der Waals surface area (Å²) in [4.78, 5) is 4.65. The summed E-state index contributed by atoms with van der Waals surface area (Å²) in [5.41, 5.74) is 8.37. The number of benzene rings is 4. The first-order valence-electron chi connectivity index (χ1n) is 15.1. The third-order valence-corrected chi connectivity index (χ3v) is 9.50. The second kappa shape index (κ2) is 9.56. The molecule has 6 aromatic rings. The van der Waals surface area contributed by atoms with E-state index in [0.717, 1.165) is 40.9 Å². The molecule has 0 radical (unpaired) electrons. The van der Waals surface area contributed by atoms with Crippen LogP contribution in [0.25, 0.3) is 44.1 Å². The van der Waals surface area contributed by atoms with Crippen LogP contribution in [0.4, 0.5) is 0 Å². The summed E-state index contributed by atoms with van der Waals surface area (Å²) < 4.78 is 17.6. The highest BCUT2D eigenvalue weighted by Gasteiger charge is 2.51. The van der Waals surface area contributed by atoms with Gasteiger partial charge in [0.2, 0.25) is 0 Å². The molecule has 4 aromatic carbocycles. The van der Waals surface area contributed by atoms with Crippen LogP contribution in [0.15, 0.2) is 114 Å². The predicted octanol–water partition coefficient (Wildman–Crippen LogP) is 8.12. The van der Waals surface area contributed by atoms with Gasteiger partial charge in [0.05, 0.1) is 27.8 Å². The SMILES string of the molecule is CC1(C)OB(c2ccc3c(c2)c2ccc4c(ccn4-c4cccc(C5=NC=CCC5)c4)c2n3-c2ccccc2)OC1(C)C. The van der Waals surface area contributed by atoms with Gasteiger partial charge in [-0.25, -0.2) is 0 Å². The van der Waals surface area contributed by atoms with E-state index in [-0.39, 0.29) is 0 Å². The number of allylic oxidation sites excluding steroid dienone is 1. The molecule has 0 saturated carbocycles. The van der Waals surface area contributed by atoms with E-state index in [1.165, 1.54) is 32.8 Å². The van der Waals surface area contributed by atoms with Gasteiger partial charge in [-0.1, -0.05) is 54.6 Å². The lowest BCUT2D eigenvalue weighted by molar-refractivity contribution is 0.00578. The highest BCUT2D eigenvalue weighted by atomic mass is 16.7. The molecule has 6 heteroatoms. The first-order chi connectivity index (χ1) is 20.8. The van der Waals surface area contributed by atoms with Crippen molar-refractivity contribution in [1.29, 1.82) is 0 Å². The summed E-state index contributed by atoms with van der Waals surface area (Å²) in [7, 11) is -0.411. The van der Waals surface area contributed by atoms with Crippen molar-refractivity contribution in [2.75, 3.05) is 0 Å². The van der Waals surface area contributed by atoms with Gasteiger partial charge >= 0.3 is 7.12 Å². The van der Waals surface area contributed by atoms with Crippen molar-refractivity contribution < 1.29 is 9.31 Å². The van der Waals surface area contributed by atoms with Crippen molar-refractivity contribution in [2.45, 2.75) is 51.7 Å². The third-order valence-electron chi connectivity index (χ3n) is 9.50. The van der Waals surface area contributed by atoms with E-state index in [2.05, 4.69) is 145 Å². The zero-order valence-electron chi connectivity index (χ0n) is 25.0. The van der Waals surface area contributed by atoms with E-state index in [1.54, 1.807) is 0 Å². The molecular weight excluding hydrogens is 529 g/mol. The van der Waals surface area contributed by atoms with Gasteiger partial charge in [-0.3, -0.25) is 4.99 Å². The van der Waals surface area contributed by atoms with E-state index in [4.69, 9.17) is 9.31 Å². The molecule has 0 amide bonds. The molecule has 0 atom stereocenters. The zero-order chi connectivity index (χ0) is 29.3. The molecule has 1 saturated heterocycles. The topological polar surface area (TPSA) is 40.7 Å². The molecular formula is C37H34BN3O2. The minimum absolute atomic E-state index is 0.392. The van der Waals surface area contributed by atoms with Gasteiger partial charge in [-0.05, 0) is 94.0 Å². The molecule has 43 heavy (non-hydrogen) atoms. The van der Waals surface area contributed by atoms with Gasteiger partial charge in [0.15, 0.2) is 0 Å². The number of fused-ring (bicyclic) bond motifs is 5. The van der Waals surface area contributed by atoms with E-state index < -0.39 is 18.3 Å². The fraction of sp³-hybridized carbons (Fsp3) is 0.216. The number of aliphatic imine (C=N–C) groups is 1. The van der Waals surface area contributed by atoms with E-state index >= 15 is 0 Å². The maximum Gasteiger partial charge on any atom is 0.494 e. The highest BCUT2D eigenvalue weighted by molar-refractivity contribution is 6.62. The lowest BCUT2D eigenvalue weighted by atomic mass is 9.78. The van der Waals surface area contributed by atoms with Crippen LogP contribution in [0.5, 0.6) is 0 Å². The molecule has 2 aromatic heterocycles. The maximum absolute atomic E-state index is 6.43. The van der Waals surface area contributed by atoms with Crippen molar-refractivity contribution in [1.82, 2.24) is 9.13 Å². The zero-order valence-corrected chi connectivity index (χ0v) is 25.0. The fourth-order valence-electron chi connectivity index (χ4n) is 6.50. The minimum atomic E-state index is -0.411. The van der Waals surface area contributed by atoms with Crippen LogP contribution in [0.1, 0.15) is 46.1 Å². The molecule has 1 fully saturated rings. The first-order valence-corrected chi connectivity index (χ1v) is 15.1. The van der Waals surface area contributed by atoms with Crippen LogP contribution in [-0.2, 0) is 9.31 Å². The third kappa shape index (κ3) is 4.12. The van der Waals surface area contributed by atoms with Crippen LogP contribution in [0.2, 0.25) is 0 Å². The van der Waals surface area contributed by atoms with Crippen molar-refractivity contribution in [3.8, 4) is 11.4 Å². The summed E-state index contributed by atoms with van der Waals surface area (Å²) in [6, 6.07) is 32.8. The second-order valence-corrected chi connectivity index (χ2v) is 12.7. The lowest BCUT2D eigenvalue weighted by Gasteiger charge is -2.32. The highest BCUT2D eigenvalue weighted by Crippen LogP contribution is 2.39. The largest absolute Gasteiger partial charge is 0.494 e. The van der Waals surface area contributed by atoms with Crippen molar-refractivity contribution in [2.24, 2.45) is 4.99 Å². The number of hydrogen-bond donors (Lipinski definition) is 0. The van der Waals surface area contributed by atoms with Gasteiger partial charge in [0.1, 0.15) is 0 Å². The van der Waals surface area contributed by atoms with Gasteiger partial charge in [-0.15, -0.1) is 0 Å². The number of nitrogens with zero attached hydrogens (tertiary/aromatic N) is 3. The van der Waals surface area contributed by atoms with Gasteiger partial charge < -0.3 is 18.4 Å². The molecule has 0 unspecified atom stereocenters. The summed E-state index contributed by atoms with van der Waals surface area (Å²) in [6.07, 6.45) is 8.25. The molecule has 212 valence electrons. The normalized spacial score (nSPS) is 17.8. The Balaban J connectivity index is 1.33. The van der Waals surface area contributed by atoms with Gasteiger partial charge in [-0.2, -0.15) is 0 Å². The lowest BCUT2D eigenvalue weighted by Crippen LogP contribution is -2.41. The van der Waals surface area contributed by atoms with Crippen LogP contribution in [0.3, 0.4) is 0 Å². The van der Waals surface area contributed by atoms with E-state index in [9.17, 15) is 0 Å². The fourth-order valence-corrected chi connectivity index (χ4v) is 6.50. The monoisotopic (exact) mass is 563 g/mol. The molecule has 2 aliphatic rings. The average molecular weight is 564 g/mol. The second-order valence-electron chi connectivity index (χ2n) is 12.7. The Morgan fingerprint density at radius 1 is 0.721 bits per heavy atom. The molecule has 8 rings (SSSR count). The van der Waals surface area contributed by atoms with Crippen molar-refractivity contribution in [3.63, 3.8) is 0 Å². The van der Waals surface area contributed by atoms with Crippen LogP contribution < -0.4 is 5.46 Å². The quantitative estimate of drug-likeness (QED) is 0.203. The minimum Gasteiger partial charge on any atom is -0.399 e. The first kappa shape index (κ1) is 26.3. The number of aromatic nitrogens is 2. The maximum atomic E-state index is 6.43. The van der Waals surface area contributed by atoms with Crippen LogP contribution in [0, 0.1) is 0 Å². The molecule has 5 nitrogen and oxygen atoms in total. The molecule has 0 spiro atoms. The van der Waals surface area contributed by atoms with Gasteiger partial charge in [0, 0.05) is 45.6 Å². The average Bonchev–Trinajstić information content (AvgIpc) is 3.67. The summed E-state index contributed by atoms with van der Waals surface area (Å²) in [5, 5.41) is 3.60. The Kier molecular flexibility index (Phi) is 5.84. The summed E-state index contributed by atoms with van der Waals surface area (Å²) in [6.45, 7) is 8.40. The number of para-hydroxylation sites is 1. The standard InChI is InChI=1S/C37H34BN3O2/c1-36(2)37(3,4)43-38(42-36)26-16-18-34-31(24-26)29-17-19-33-30(35(29)41(34)27-12-6-5-7-13-27)20-22-40(33)28-14-10-11-25(23-28)32-15-8-9-21-39-32/h5-7,9-14,16-24H,8,15H2,1-4H3. The number of hydrogen-bond acceptors (Lipinski definition) is 3. The van der Waals surface area contributed by atoms with Crippen molar-refractivity contribution in [3.05, 3.63) is 115 Å². The molecule has 0 aliphatic carbocycles. The van der Waals surface area contributed by atoms with Crippen LogP contribution in [-0.4, -0.2) is 33.2 Å². The Morgan fingerprint density at radius 2 is 1.49 bits per heavy atom. The number of rotatable bonds is 4.